The van der Waals surface area contributed by atoms with Gasteiger partial charge in [-0.3, -0.25) is 4.98 Å². The van der Waals surface area contributed by atoms with Crippen LogP contribution in [0.5, 0.6) is 0 Å². The highest BCUT2D eigenvalue weighted by atomic mass is 14.9. The number of rotatable bonds is 5. The number of nitrogens with zero attached hydrogens (tertiary/aromatic N) is 1. The lowest BCUT2D eigenvalue weighted by molar-refractivity contribution is 0.602. The molecule has 100 valence electrons. The molecule has 2 nitrogen and oxygen atoms in total. The Morgan fingerprint density at radius 3 is 2.79 bits per heavy atom. The van der Waals surface area contributed by atoms with Crippen molar-refractivity contribution in [1.82, 2.24) is 10.3 Å². The molecule has 0 radical (unpaired) electrons. The van der Waals surface area contributed by atoms with Gasteiger partial charge in [-0.2, -0.15) is 0 Å². The van der Waals surface area contributed by atoms with E-state index in [0.29, 0.717) is 0 Å². The molecule has 2 heteroatoms. The van der Waals surface area contributed by atoms with Crippen LogP contribution in [0, 0.1) is 0 Å². The average molecular weight is 254 g/mol. The zero-order valence-electron chi connectivity index (χ0n) is 12.0. The van der Waals surface area contributed by atoms with E-state index in [-0.39, 0.29) is 6.04 Å². The minimum atomic E-state index is 0.191. The zero-order chi connectivity index (χ0) is 13.7. The van der Waals surface area contributed by atoms with Crippen molar-refractivity contribution in [2.24, 2.45) is 0 Å². The van der Waals surface area contributed by atoms with Crippen LogP contribution in [-0.4, -0.2) is 11.5 Å². The standard InChI is InChI=1S/C17H22N2/c1-4-10-18-16(12-13(2)3)17-15-8-6-5-7-14(15)9-11-19-17/h5-9,11-12,16,18H,4,10H2,1-3H3. The van der Waals surface area contributed by atoms with Gasteiger partial charge in [0.2, 0.25) is 0 Å². The summed E-state index contributed by atoms with van der Waals surface area (Å²) >= 11 is 0. The lowest BCUT2D eigenvalue weighted by atomic mass is 10.0. The summed E-state index contributed by atoms with van der Waals surface area (Å²) in [6.45, 7) is 7.44. The molecule has 1 aromatic carbocycles. The number of benzene rings is 1. The summed E-state index contributed by atoms with van der Waals surface area (Å²) in [6.07, 6.45) is 5.28. The monoisotopic (exact) mass is 254 g/mol. The van der Waals surface area contributed by atoms with Crippen LogP contribution in [0.25, 0.3) is 10.8 Å². The van der Waals surface area contributed by atoms with Gasteiger partial charge in [0, 0.05) is 11.6 Å². The maximum atomic E-state index is 4.61. The predicted octanol–water partition coefficient (Wildman–Crippen LogP) is 4.24. The molecule has 0 spiro atoms. The van der Waals surface area contributed by atoms with Gasteiger partial charge < -0.3 is 5.32 Å². The molecule has 1 atom stereocenters. The highest BCUT2D eigenvalue weighted by Crippen LogP contribution is 2.23. The summed E-state index contributed by atoms with van der Waals surface area (Å²) in [6, 6.07) is 10.7. The van der Waals surface area contributed by atoms with E-state index in [1.807, 2.05) is 6.20 Å². The summed E-state index contributed by atoms with van der Waals surface area (Å²) in [5, 5.41) is 6.05. The summed E-state index contributed by atoms with van der Waals surface area (Å²) in [5.41, 5.74) is 2.43. The lowest BCUT2D eigenvalue weighted by Crippen LogP contribution is -2.21. The molecule has 2 rings (SSSR count). The number of hydrogen-bond acceptors (Lipinski definition) is 2. The van der Waals surface area contributed by atoms with Crippen LogP contribution in [0.1, 0.15) is 38.9 Å². The van der Waals surface area contributed by atoms with Crippen molar-refractivity contribution >= 4 is 10.8 Å². The third-order valence-electron chi connectivity index (χ3n) is 3.11. The molecule has 2 aromatic rings. The number of pyridine rings is 1. The van der Waals surface area contributed by atoms with Gasteiger partial charge in [0.05, 0.1) is 11.7 Å². The average Bonchev–Trinajstić information content (AvgIpc) is 2.42. The number of aromatic nitrogens is 1. The first kappa shape index (κ1) is 13.8. The summed E-state index contributed by atoms with van der Waals surface area (Å²) in [5.74, 6) is 0. The summed E-state index contributed by atoms with van der Waals surface area (Å²) in [4.78, 5) is 4.61. The van der Waals surface area contributed by atoms with E-state index >= 15 is 0 Å². The van der Waals surface area contributed by atoms with E-state index in [4.69, 9.17) is 0 Å². The fourth-order valence-corrected chi connectivity index (χ4v) is 2.26. The van der Waals surface area contributed by atoms with Gasteiger partial charge in [-0.1, -0.05) is 42.8 Å². The van der Waals surface area contributed by atoms with Gasteiger partial charge in [-0.25, -0.2) is 0 Å². The molecule has 0 aliphatic heterocycles. The van der Waals surface area contributed by atoms with Crippen LogP contribution in [-0.2, 0) is 0 Å². The zero-order valence-corrected chi connectivity index (χ0v) is 12.0. The Hall–Kier alpha value is -1.67. The fourth-order valence-electron chi connectivity index (χ4n) is 2.26. The van der Waals surface area contributed by atoms with Crippen LogP contribution in [0.15, 0.2) is 48.2 Å². The second-order valence-corrected chi connectivity index (χ2v) is 5.09. The molecular weight excluding hydrogens is 232 g/mol. The van der Waals surface area contributed by atoms with Crippen molar-refractivity contribution < 1.29 is 0 Å². The minimum absolute atomic E-state index is 0.191. The Morgan fingerprint density at radius 1 is 1.26 bits per heavy atom. The smallest absolute Gasteiger partial charge is 0.0690 e. The summed E-state index contributed by atoms with van der Waals surface area (Å²) in [7, 11) is 0. The van der Waals surface area contributed by atoms with E-state index in [0.717, 1.165) is 18.7 Å². The van der Waals surface area contributed by atoms with Crippen LogP contribution in [0.3, 0.4) is 0 Å². The molecule has 0 saturated carbocycles. The normalized spacial score (nSPS) is 12.4. The first-order chi connectivity index (χ1) is 9.22. The molecule has 1 heterocycles. The van der Waals surface area contributed by atoms with Gasteiger partial charge >= 0.3 is 0 Å². The van der Waals surface area contributed by atoms with Gasteiger partial charge in [0.15, 0.2) is 0 Å². The Kier molecular flexibility index (Phi) is 4.69. The van der Waals surface area contributed by atoms with Gasteiger partial charge in [0.25, 0.3) is 0 Å². The van der Waals surface area contributed by atoms with Crippen molar-refractivity contribution in [3.63, 3.8) is 0 Å². The molecule has 1 N–H and O–H groups in total. The summed E-state index contributed by atoms with van der Waals surface area (Å²) < 4.78 is 0. The van der Waals surface area contributed by atoms with Crippen molar-refractivity contribution in [2.45, 2.75) is 33.2 Å². The first-order valence-corrected chi connectivity index (χ1v) is 6.94. The molecule has 0 bridgehead atoms. The molecule has 0 fully saturated rings. The van der Waals surface area contributed by atoms with Crippen molar-refractivity contribution in [1.29, 1.82) is 0 Å². The topological polar surface area (TPSA) is 24.9 Å². The van der Waals surface area contributed by atoms with Crippen LogP contribution in [0.4, 0.5) is 0 Å². The molecule has 0 aliphatic rings. The number of nitrogens with one attached hydrogen (secondary N) is 1. The molecule has 0 amide bonds. The van der Waals surface area contributed by atoms with Gasteiger partial charge in [0.1, 0.15) is 0 Å². The van der Waals surface area contributed by atoms with E-state index in [1.165, 1.54) is 16.3 Å². The van der Waals surface area contributed by atoms with Crippen molar-refractivity contribution in [3.05, 3.63) is 53.9 Å². The van der Waals surface area contributed by atoms with Crippen LogP contribution < -0.4 is 5.32 Å². The van der Waals surface area contributed by atoms with E-state index in [9.17, 15) is 0 Å². The minimum Gasteiger partial charge on any atom is -0.305 e. The molecule has 19 heavy (non-hydrogen) atoms. The highest BCUT2D eigenvalue weighted by molar-refractivity contribution is 5.84. The third kappa shape index (κ3) is 3.42. The third-order valence-corrected chi connectivity index (χ3v) is 3.11. The van der Waals surface area contributed by atoms with Gasteiger partial charge in [-0.05, 0) is 38.3 Å². The quantitative estimate of drug-likeness (QED) is 0.807. The molecule has 0 saturated heterocycles. The molecule has 1 unspecified atom stereocenters. The van der Waals surface area contributed by atoms with E-state index in [2.05, 4.69) is 67.5 Å². The Morgan fingerprint density at radius 2 is 2.05 bits per heavy atom. The van der Waals surface area contributed by atoms with E-state index < -0.39 is 0 Å². The Labute approximate surface area is 115 Å². The molecule has 0 aliphatic carbocycles. The largest absolute Gasteiger partial charge is 0.305 e. The lowest BCUT2D eigenvalue weighted by Gasteiger charge is -2.17. The SMILES string of the molecule is CCCNC(C=C(C)C)c1nccc2ccccc12. The molecule has 1 aromatic heterocycles. The second-order valence-electron chi connectivity index (χ2n) is 5.09. The Balaban J connectivity index is 2.46. The fraction of sp³-hybridized carbons (Fsp3) is 0.353. The number of hydrogen-bond donors (Lipinski definition) is 1. The number of allylic oxidation sites excluding steroid dienone is 1. The maximum absolute atomic E-state index is 4.61. The van der Waals surface area contributed by atoms with Crippen molar-refractivity contribution in [2.75, 3.05) is 6.54 Å². The molecular formula is C17H22N2. The predicted molar refractivity (Wildman–Crippen MR) is 82.2 cm³/mol. The van der Waals surface area contributed by atoms with Crippen LogP contribution in [0.2, 0.25) is 0 Å². The number of fused-ring (bicyclic) bond motifs is 1. The second kappa shape index (κ2) is 6.48. The van der Waals surface area contributed by atoms with E-state index in [1.54, 1.807) is 0 Å². The first-order valence-electron chi connectivity index (χ1n) is 6.94. The highest BCUT2D eigenvalue weighted by Gasteiger charge is 2.12. The van der Waals surface area contributed by atoms with Crippen molar-refractivity contribution in [3.8, 4) is 0 Å². The van der Waals surface area contributed by atoms with Gasteiger partial charge in [-0.15, -0.1) is 0 Å². The Bertz CT molecular complexity index is 563. The van der Waals surface area contributed by atoms with Crippen LogP contribution >= 0.6 is 0 Å². The maximum Gasteiger partial charge on any atom is 0.0690 e.